The third-order valence-electron chi connectivity index (χ3n) is 3.63. The van der Waals surface area contributed by atoms with Crippen LogP contribution >= 0.6 is 12.4 Å². The molecule has 3 N–H and O–H groups in total. The number of carbonyl (C=O) groups is 1. The van der Waals surface area contributed by atoms with Gasteiger partial charge in [-0.2, -0.15) is 5.10 Å². The molecule has 6 heteroatoms. The largest absolute Gasteiger partial charge is 0.327 e. The van der Waals surface area contributed by atoms with Crippen molar-refractivity contribution in [1.29, 1.82) is 0 Å². The predicted octanol–water partition coefficient (Wildman–Crippen LogP) is 2.47. The molecule has 0 saturated heterocycles. The van der Waals surface area contributed by atoms with Crippen molar-refractivity contribution in [3.8, 4) is 0 Å². The maximum absolute atomic E-state index is 12.0. The second kappa shape index (κ2) is 8.56. The van der Waals surface area contributed by atoms with Crippen LogP contribution in [-0.4, -0.2) is 21.7 Å². The SMILES string of the molecule is CC(N)C(C)C(=O)Nc1ccnn1CCc1ccccc1.Cl. The molecule has 0 aliphatic heterocycles. The second-order valence-electron chi connectivity index (χ2n) is 5.31. The van der Waals surface area contributed by atoms with Crippen molar-refractivity contribution in [2.45, 2.75) is 32.9 Å². The summed E-state index contributed by atoms with van der Waals surface area (Å²) < 4.78 is 1.80. The summed E-state index contributed by atoms with van der Waals surface area (Å²) in [6.45, 7) is 4.38. The Bertz CT molecular complexity index is 583. The number of anilines is 1. The molecule has 1 aromatic heterocycles. The van der Waals surface area contributed by atoms with Crippen molar-refractivity contribution in [2.75, 3.05) is 5.32 Å². The highest BCUT2D eigenvalue weighted by atomic mass is 35.5. The van der Waals surface area contributed by atoms with Crippen LogP contribution in [0.25, 0.3) is 0 Å². The average molecular weight is 323 g/mol. The molecule has 1 amide bonds. The number of amides is 1. The standard InChI is InChI=1S/C16H22N4O.ClH/c1-12(13(2)17)16(21)19-15-8-10-18-20(15)11-9-14-6-4-3-5-7-14;/h3-8,10,12-13H,9,11,17H2,1-2H3,(H,19,21);1H. The van der Waals surface area contributed by atoms with Gasteiger partial charge in [-0.3, -0.25) is 4.79 Å². The first-order valence-electron chi connectivity index (χ1n) is 7.20. The summed E-state index contributed by atoms with van der Waals surface area (Å²) in [5.74, 6) is 0.400. The van der Waals surface area contributed by atoms with E-state index in [9.17, 15) is 4.79 Å². The van der Waals surface area contributed by atoms with E-state index >= 15 is 0 Å². The molecule has 120 valence electrons. The molecule has 0 fully saturated rings. The van der Waals surface area contributed by atoms with Gasteiger partial charge in [0.15, 0.2) is 0 Å². The van der Waals surface area contributed by atoms with Crippen LogP contribution in [0, 0.1) is 5.92 Å². The van der Waals surface area contributed by atoms with E-state index in [0.29, 0.717) is 5.82 Å². The van der Waals surface area contributed by atoms with Crippen LogP contribution in [0.15, 0.2) is 42.6 Å². The van der Waals surface area contributed by atoms with E-state index in [1.165, 1.54) is 5.56 Å². The van der Waals surface area contributed by atoms with E-state index in [1.807, 2.05) is 32.0 Å². The minimum atomic E-state index is -0.234. The number of nitrogens with one attached hydrogen (secondary N) is 1. The van der Waals surface area contributed by atoms with Gasteiger partial charge in [0.1, 0.15) is 5.82 Å². The van der Waals surface area contributed by atoms with Crippen molar-refractivity contribution < 1.29 is 4.79 Å². The van der Waals surface area contributed by atoms with Gasteiger partial charge in [-0.15, -0.1) is 12.4 Å². The van der Waals surface area contributed by atoms with Crippen LogP contribution in [0.4, 0.5) is 5.82 Å². The van der Waals surface area contributed by atoms with Crippen molar-refractivity contribution in [1.82, 2.24) is 9.78 Å². The number of rotatable bonds is 6. The maximum Gasteiger partial charge on any atom is 0.229 e. The molecule has 2 aromatic rings. The van der Waals surface area contributed by atoms with E-state index < -0.39 is 0 Å². The zero-order valence-electron chi connectivity index (χ0n) is 12.9. The Morgan fingerprint density at radius 1 is 1.27 bits per heavy atom. The highest BCUT2D eigenvalue weighted by molar-refractivity contribution is 5.91. The summed E-state index contributed by atoms with van der Waals surface area (Å²) in [7, 11) is 0. The lowest BCUT2D eigenvalue weighted by Crippen LogP contribution is -2.34. The number of hydrogen-bond acceptors (Lipinski definition) is 3. The number of halogens is 1. The van der Waals surface area contributed by atoms with Gasteiger partial charge in [0, 0.05) is 18.7 Å². The molecule has 0 aliphatic carbocycles. The third-order valence-corrected chi connectivity index (χ3v) is 3.63. The molecule has 5 nitrogen and oxygen atoms in total. The first kappa shape index (κ1) is 18.2. The molecule has 0 radical (unpaired) electrons. The van der Waals surface area contributed by atoms with Crippen LogP contribution in [0.3, 0.4) is 0 Å². The van der Waals surface area contributed by atoms with E-state index in [2.05, 4.69) is 22.5 Å². The number of nitrogens with two attached hydrogens (primary N) is 1. The quantitative estimate of drug-likeness (QED) is 0.858. The summed E-state index contributed by atoms with van der Waals surface area (Å²) in [5.41, 5.74) is 7.00. The fourth-order valence-electron chi connectivity index (χ4n) is 1.98. The lowest BCUT2D eigenvalue weighted by molar-refractivity contribution is -0.119. The van der Waals surface area contributed by atoms with Crippen LogP contribution in [0.5, 0.6) is 0 Å². The van der Waals surface area contributed by atoms with Crippen LogP contribution in [0.2, 0.25) is 0 Å². The lowest BCUT2D eigenvalue weighted by atomic mass is 10.0. The molecule has 1 aromatic carbocycles. The second-order valence-corrected chi connectivity index (χ2v) is 5.31. The Labute approximate surface area is 137 Å². The minimum absolute atomic E-state index is 0. The van der Waals surface area contributed by atoms with Gasteiger partial charge in [0.2, 0.25) is 5.91 Å². The molecular formula is C16H23ClN4O. The number of carbonyl (C=O) groups excluding carboxylic acids is 1. The van der Waals surface area contributed by atoms with E-state index in [0.717, 1.165) is 13.0 Å². The van der Waals surface area contributed by atoms with Gasteiger partial charge in [-0.25, -0.2) is 4.68 Å². The fraction of sp³-hybridized carbons (Fsp3) is 0.375. The number of nitrogens with zero attached hydrogens (tertiary/aromatic N) is 2. The van der Waals surface area contributed by atoms with E-state index in [4.69, 9.17) is 5.73 Å². The number of hydrogen-bond donors (Lipinski definition) is 2. The first-order valence-corrected chi connectivity index (χ1v) is 7.20. The summed E-state index contributed by atoms with van der Waals surface area (Å²) >= 11 is 0. The zero-order valence-corrected chi connectivity index (χ0v) is 13.7. The molecule has 0 saturated carbocycles. The van der Waals surface area contributed by atoms with E-state index in [-0.39, 0.29) is 30.3 Å². The molecule has 2 atom stereocenters. The molecule has 0 bridgehead atoms. The number of aryl methyl sites for hydroxylation is 2. The van der Waals surface area contributed by atoms with Crippen LogP contribution < -0.4 is 11.1 Å². The Morgan fingerprint density at radius 2 is 1.95 bits per heavy atom. The number of benzene rings is 1. The third kappa shape index (κ3) is 4.86. The van der Waals surface area contributed by atoms with Crippen molar-refractivity contribution >= 4 is 24.1 Å². The van der Waals surface area contributed by atoms with Gasteiger partial charge >= 0.3 is 0 Å². The normalized spacial score (nSPS) is 13.0. The van der Waals surface area contributed by atoms with Gasteiger partial charge in [0.25, 0.3) is 0 Å². The highest BCUT2D eigenvalue weighted by Crippen LogP contribution is 2.11. The molecule has 2 rings (SSSR count). The predicted molar refractivity (Wildman–Crippen MR) is 91.1 cm³/mol. The Kier molecular flexibility index (Phi) is 7.08. The van der Waals surface area contributed by atoms with Gasteiger partial charge < -0.3 is 11.1 Å². The van der Waals surface area contributed by atoms with Crippen LogP contribution in [0.1, 0.15) is 19.4 Å². The minimum Gasteiger partial charge on any atom is -0.327 e. The average Bonchev–Trinajstić information content (AvgIpc) is 2.92. The highest BCUT2D eigenvalue weighted by Gasteiger charge is 2.18. The Hall–Kier alpha value is -1.85. The Morgan fingerprint density at radius 3 is 2.59 bits per heavy atom. The Balaban J connectivity index is 0.00000242. The summed E-state index contributed by atoms with van der Waals surface area (Å²) in [4.78, 5) is 12.0. The molecule has 2 unspecified atom stereocenters. The first-order chi connectivity index (χ1) is 10.1. The molecule has 22 heavy (non-hydrogen) atoms. The van der Waals surface area contributed by atoms with Gasteiger partial charge in [-0.1, -0.05) is 37.3 Å². The van der Waals surface area contributed by atoms with Crippen LogP contribution in [-0.2, 0) is 17.8 Å². The molecule has 1 heterocycles. The summed E-state index contributed by atoms with van der Waals surface area (Å²) in [6.07, 6.45) is 2.56. The molecule has 0 aliphatic rings. The smallest absolute Gasteiger partial charge is 0.229 e. The van der Waals surface area contributed by atoms with Crippen molar-refractivity contribution in [3.05, 3.63) is 48.2 Å². The molecular weight excluding hydrogens is 300 g/mol. The summed E-state index contributed by atoms with van der Waals surface area (Å²) in [5, 5.41) is 7.15. The number of aromatic nitrogens is 2. The monoisotopic (exact) mass is 322 g/mol. The summed E-state index contributed by atoms with van der Waals surface area (Å²) in [6, 6.07) is 11.8. The zero-order chi connectivity index (χ0) is 15.2. The van der Waals surface area contributed by atoms with E-state index in [1.54, 1.807) is 16.9 Å². The lowest BCUT2D eigenvalue weighted by Gasteiger charge is -2.16. The fourth-order valence-corrected chi connectivity index (χ4v) is 1.98. The van der Waals surface area contributed by atoms with Crippen molar-refractivity contribution in [3.63, 3.8) is 0 Å². The molecule has 0 spiro atoms. The topological polar surface area (TPSA) is 72.9 Å². The van der Waals surface area contributed by atoms with Crippen molar-refractivity contribution in [2.24, 2.45) is 11.7 Å². The van der Waals surface area contributed by atoms with Gasteiger partial charge in [-0.05, 0) is 18.9 Å². The van der Waals surface area contributed by atoms with Gasteiger partial charge in [0.05, 0.1) is 12.1 Å². The maximum atomic E-state index is 12.0.